The van der Waals surface area contributed by atoms with Crippen LogP contribution in [0.3, 0.4) is 0 Å². The van der Waals surface area contributed by atoms with Crippen molar-refractivity contribution in [3.63, 3.8) is 0 Å². The standard InChI is InChI=1S/C18H21NO3/c1-2-15(14-8-9-16(20)17(21)12-14)18(22)19-11-10-13-6-4-3-5-7-13/h3-9,12,15,20-21H,2,10-11H2,1H3,(H,19,22). The van der Waals surface area contributed by atoms with Gasteiger partial charge in [-0.25, -0.2) is 0 Å². The molecule has 1 unspecified atom stereocenters. The molecule has 0 aromatic heterocycles. The molecule has 0 spiro atoms. The predicted molar refractivity (Wildman–Crippen MR) is 86.0 cm³/mol. The Balaban J connectivity index is 1.95. The summed E-state index contributed by atoms with van der Waals surface area (Å²) in [5, 5.41) is 21.9. The Hall–Kier alpha value is -2.49. The van der Waals surface area contributed by atoms with E-state index < -0.39 is 0 Å². The Morgan fingerprint density at radius 1 is 1.09 bits per heavy atom. The molecular weight excluding hydrogens is 278 g/mol. The van der Waals surface area contributed by atoms with Crippen LogP contribution in [0.2, 0.25) is 0 Å². The Morgan fingerprint density at radius 2 is 1.82 bits per heavy atom. The van der Waals surface area contributed by atoms with Crippen LogP contribution in [0.1, 0.15) is 30.4 Å². The Labute approximate surface area is 130 Å². The van der Waals surface area contributed by atoms with Crippen molar-refractivity contribution in [2.45, 2.75) is 25.7 Å². The van der Waals surface area contributed by atoms with Gasteiger partial charge in [0.05, 0.1) is 5.92 Å². The van der Waals surface area contributed by atoms with Gasteiger partial charge in [-0.2, -0.15) is 0 Å². The first-order valence-electron chi connectivity index (χ1n) is 7.45. The average Bonchev–Trinajstić information content (AvgIpc) is 2.52. The van der Waals surface area contributed by atoms with Crippen LogP contribution in [-0.2, 0) is 11.2 Å². The molecule has 0 saturated heterocycles. The normalized spacial score (nSPS) is 11.9. The van der Waals surface area contributed by atoms with Crippen molar-refractivity contribution in [2.75, 3.05) is 6.54 Å². The van der Waals surface area contributed by atoms with Gasteiger partial charge in [0.2, 0.25) is 5.91 Å². The summed E-state index contributed by atoms with van der Waals surface area (Å²) in [6, 6.07) is 14.5. The molecule has 0 aliphatic rings. The van der Waals surface area contributed by atoms with Crippen LogP contribution in [0.4, 0.5) is 0 Å². The van der Waals surface area contributed by atoms with Crippen molar-refractivity contribution in [2.24, 2.45) is 0 Å². The zero-order chi connectivity index (χ0) is 15.9. The first-order valence-corrected chi connectivity index (χ1v) is 7.45. The summed E-state index contributed by atoms with van der Waals surface area (Å²) < 4.78 is 0. The fourth-order valence-electron chi connectivity index (χ4n) is 2.43. The van der Waals surface area contributed by atoms with Crippen LogP contribution in [-0.4, -0.2) is 22.7 Å². The lowest BCUT2D eigenvalue weighted by atomic mass is 9.95. The molecule has 22 heavy (non-hydrogen) atoms. The van der Waals surface area contributed by atoms with Gasteiger partial charge in [-0.05, 0) is 36.1 Å². The monoisotopic (exact) mass is 299 g/mol. The maximum absolute atomic E-state index is 12.3. The molecule has 0 fully saturated rings. The Kier molecular flexibility index (Phi) is 5.42. The zero-order valence-corrected chi connectivity index (χ0v) is 12.6. The summed E-state index contributed by atoms with van der Waals surface area (Å²) in [6.45, 7) is 2.49. The van der Waals surface area contributed by atoms with E-state index in [1.165, 1.54) is 17.7 Å². The van der Waals surface area contributed by atoms with Gasteiger partial charge in [0.15, 0.2) is 11.5 Å². The smallest absolute Gasteiger partial charge is 0.227 e. The highest BCUT2D eigenvalue weighted by molar-refractivity contribution is 5.83. The van der Waals surface area contributed by atoms with E-state index in [0.717, 1.165) is 6.42 Å². The quantitative estimate of drug-likeness (QED) is 0.718. The number of hydrogen-bond acceptors (Lipinski definition) is 3. The highest BCUT2D eigenvalue weighted by Gasteiger charge is 2.19. The van der Waals surface area contributed by atoms with E-state index in [1.807, 2.05) is 37.3 Å². The van der Waals surface area contributed by atoms with Crippen molar-refractivity contribution in [3.8, 4) is 11.5 Å². The van der Waals surface area contributed by atoms with E-state index in [1.54, 1.807) is 6.07 Å². The van der Waals surface area contributed by atoms with E-state index in [2.05, 4.69) is 5.32 Å². The molecule has 0 aliphatic carbocycles. The summed E-state index contributed by atoms with van der Waals surface area (Å²) >= 11 is 0. The van der Waals surface area contributed by atoms with Crippen molar-refractivity contribution in [1.29, 1.82) is 0 Å². The number of nitrogens with one attached hydrogen (secondary N) is 1. The van der Waals surface area contributed by atoms with Gasteiger partial charge in [0.25, 0.3) is 0 Å². The maximum atomic E-state index is 12.3. The molecule has 4 heteroatoms. The molecule has 2 rings (SSSR count). The SMILES string of the molecule is CCC(C(=O)NCCc1ccccc1)c1ccc(O)c(O)c1. The third kappa shape index (κ3) is 4.01. The minimum absolute atomic E-state index is 0.0662. The first-order chi connectivity index (χ1) is 10.6. The lowest BCUT2D eigenvalue weighted by Gasteiger charge is -2.16. The minimum atomic E-state index is -0.331. The Morgan fingerprint density at radius 3 is 2.45 bits per heavy atom. The van der Waals surface area contributed by atoms with Crippen LogP contribution >= 0.6 is 0 Å². The van der Waals surface area contributed by atoms with Crippen molar-refractivity contribution in [3.05, 3.63) is 59.7 Å². The third-order valence-corrected chi connectivity index (χ3v) is 3.68. The van der Waals surface area contributed by atoms with E-state index in [4.69, 9.17) is 0 Å². The number of hydrogen-bond donors (Lipinski definition) is 3. The lowest BCUT2D eigenvalue weighted by molar-refractivity contribution is -0.122. The van der Waals surface area contributed by atoms with Crippen molar-refractivity contribution < 1.29 is 15.0 Å². The van der Waals surface area contributed by atoms with Gasteiger partial charge in [0, 0.05) is 6.54 Å². The molecule has 4 nitrogen and oxygen atoms in total. The van der Waals surface area contributed by atoms with Gasteiger partial charge in [0.1, 0.15) is 0 Å². The molecule has 3 N–H and O–H groups in total. The number of phenols is 2. The van der Waals surface area contributed by atoms with Gasteiger partial charge < -0.3 is 15.5 Å². The summed E-state index contributed by atoms with van der Waals surface area (Å²) in [5.74, 6) is -0.776. The molecule has 116 valence electrons. The molecule has 2 aromatic carbocycles. The van der Waals surface area contributed by atoms with Crippen LogP contribution in [0.15, 0.2) is 48.5 Å². The molecule has 0 saturated carbocycles. The number of amides is 1. The van der Waals surface area contributed by atoms with Crippen LogP contribution in [0, 0.1) is 0 Å². The van der Waals surface area contributed by atoms with Gasteiger partial charge >= 0.3 is 0 Å². The van der Waals surface area contributed by atoms with E-state index in [9.17, 15) is 15.0 Å². The summed E-state index contributed by atoms with van der Waals surface area (Å²) in [7, 11) is 0. The largest absolute Gasteiger partial charge is 0.504 e. The molecule has 0 radical (unpaired) electrons. The number of benzene rings is 2. The average molecular weight is 299 g/mol. The molecule has 1 atom stereocenters. The van der Waals surface area contributed by atoms with Crippen LogP contribution < -0.4 is 5.32 Å². The topological polar surface area (TPSA) is 69.6 Å². The van der Waals surface area contributed by atoms with Gasteiger partial charge in [-0.3, -0.25) is 4.79 Å². The molecule has 1 amide bonds. The number of carbonyl (C=O) groups is 1. The molecule has 0 heterocycles. The van der Waals surface area contributed by atoms with Crippen LogP contribution in [0.25, 0.3) is 0 Å². The fraction of sp³-hybridized carbons (Fsp3) is 0.278. The minimum Gasteiger partial charge on any atom is -0.504 e. The predicted octanol–water partition coefficient (Wildman–Crippen LogP) is 2.95. The summed E-state index contributed by atoms with van der Waals surface area (Å²) in [5.41, 5.74) is 1.88. The molecule has 0 bridgehead atoms. The molecular formula is C18H21NO3. The Bertz CT molecular complexity index is 625. The zero-order valence-electron chi connectivity index (χ0n) is 12.6. The fourth-order valence-corrected chi connectivity index (χ4v) is 2.43. The highest BCUT2D eigenvalue weighted by Crippen LogP contribution is 2.30. The number of phenolic OH excluding ortho intramolecular Hbond substituents is 2. The van der Waals surface area contributed by atoms with E-state index in [-0.39, 0.29) is 23.3 Å². The van der Waals surface area contributed by atoms with Crippen molar-refractivity contribution in [1.82, 2.24) is 5.32 Å². The summed E-state index contributed by atoms with van der Waals surface area (Å²) in [6.07, 6.45) is 1.41. The second-order valence-corrected chi connectivity index (χ2v) is 5.24. The third-order valence-electron chi connectivity index (χ3n) is 3.68. The number of rotatable bonds is 6. The van der Waals surface area contributed by atoms with Gasteiger partial charge in [-0.15, -0.1) is 0 Å². The second-order valence-electron chi connectivity index (χ2n) is 5.24. The van der Waals surface area contributed by atoms with Crippen molar-refractivity contribution >= 4 is 5.91 Å². The first kappa shape index (κ1) is 15.9. The van der Waals surface area contributed by atoms with E-state index in [0.29, 0.717) is 18.5 Å². The van der Waals surface area contributed by atoms with E-state index >= 15 is 0 Å². The van der Waals surface area contributed by atoms with Gasteiger partial charge in [-0.1, -0.05) is 43.3 Å². The number of carbonyl (C=O) groups excluding carboxylic acids is 1. The lowest BCUT2D eigenvalue weighted by Crippen LogP contribution is -2.30. The molecule has 0 aliphatic heterocycles. The highest BCUT2D eigenvalue weighted by atomic mass is 16.3. The second kappa shape index (κ2) is 7.50. The number of aromatic hydroxyl groups is 2. The van der Waals surface area contributed by atoms with Crippen LogP contribution in [0.5, 0.6) is 11.5 Å². The summed E-state index contributed by atoms with van der Waals surface area (Å²) in [4.78, 5) is 12.3. The maximum Gasteiger partial charge on any atom is 0.227 e. The molecule has 2 aromatic rings.